The van der Waals surface area contributed by atoms with Gasteiger partial charge in [-0.25, -0.2) is 0 Å². The zero-order chi connectivity index (χ0) is 23.3. The number of aromatic nitrogens is 3. The number of ether oxygens (including phenoxy) is 1. The quantitative estimate of drug-likeness (QED) is 0.477. The van der Waals surface area contributed by atoms with Gasteiger partial charge in [0.1, 0.15) is 0 Å². The van der Waals surface area contributed by atoms with E-state index in [-0.39, 0.29) is 18.1 Å². The molecule has 7 nitrogen and oxygen atoms in total. The third-order valence-electron chi connectivity index (χ3n) is 6.75. The zero-order valence-corrected chi connectivity index (χ0v) is 20.6. The molecule has 2 saturated heterocycles. The summed E-state index contributed by atoms with van der Waals surface area (Å²) in [5.74, 6) is 1.22. The van der Waals surface area contributed by atoms with Gasteiger partial charge in [0.05, 0.1) is 24.4 Å². The second-order valence-corrected chi connectivity index (χ2v) is 10.2. The first kappa shape index (κ1) is 23.2. The number of anilines is 1. The minimum Gasteiger partial charge on any atom is -0.376 e. The Kier molecular flexibility index (Phi) is 7.35. The summed E-state index contributed by atoms with van der Waals surface area (Å²) in [6.45, 7) is 5.63. The molecule has 0 aliphatic carbocycles. The lowest BCUT2D eigenvalue weighted by Crippen LogP contribution is -2.33. The molecule has 8 heteroatoms. The number of nitrogens with one attached hydrogen (secondary N) is 1. The largest absolute Gasteiger partial charge is 0.376 e. The molecule has 2 fully saturated rings. The second-order valence-electron chi connectivity index (χ2n) is 9.22. The van der Waals surface area contributed by atoms with Gasteiger partial charge >= 0.3 is 0 Å². The molecule has 2 aliphatic heterocycles. The summed E-state index contributed by atoms with van der Waals surface area (Å²) >= 11 is 1.46. The third kappa shape index (κ3) is 5.23. The van der Waals surface area contributed by atoms with E-state index in [4.69, 9.17) is 4.74 Å². The van der Waals surface area contributed by atoms with Crippen molar-refractivity contribution in [2.75, 3.05) is 30.3 Å². The first-order valence-corrected chi connectivity index (χ1v) is 13.4. The molecule has 5 rings (SSSR count). The van der Waals surface area contributed by atoms with Crippen LogP contribution in [0.3, 0.4) is 0 Å². The minimum absolute atomic E-state index is 0.00313. The molecule has 3 heterocycles. The van der Waals surface area contributed by atoms with Crippen LogP contribution in [0.25, 0.3) is 10.8 Å². The third-order valence-corrected chi connectivity index (χ3v) is 7.71. The van der Waals surface area contributed by atoms with E-state index in [1.807, 2.05) is 25.1 Å². The summed E-state index contributed by atoms with van der Waals surface area (Å²) in [4.78, 5) is 15.2. The Morgan fingerprint density at radius 2 is 1.94 bits per heavy atom. The van der Waals surface area contributed by atoms with Gasteiger partial charge in [0.15, 0.2) is 5.16 Å². The van der Waals surface area contributed by atoms with Crippen LogP contribution in [0.4, 0.5) is 5.95 Å². The van der Waals surface area contributed by atoms with Crippen LogP contribution in [0, 0.1) is 0 Å². The van der Waals surface area contributed by atoms with Crippen LogP contribution < -0.4 is 10.2 Å². The molecule has 0 bridgehead atoms. The number of amides is 1. The van der Waals surface area contributed by atoms with Gasteiger partial charge in [-0.2, -0.15) is 0 Å². The van der Waals surface area contributed by atoms with E-state index >= 15 is 0 Å². The van der Waals surface area contributed by atoms with Gasteiger partial charge in [-0.15, -0.1) is 10.2 Å². The van der Waals surface area contributed by atoms with Crippen molar-refractivity contribution < 1.29 is 9.53 Å². The number of fused-ring (bicyclic) bond motifs is 1. The Morgan fingerprint density at radius 1 is 1.12 bits per heavy atom. The average molecular weight is 480 g/mol. The van der Waals surface area contributed by atoms with Crippen LogP contribution in [0.1, 0.15) is 50.6 Å². The summed E-state index contributed by atoms with van der Waals surface area (Å²) in [6.07, 6.45) is 5.99. The monoisotopic (exact) mass is 479 g/mol. The van der Waals surface area contributed by atoms with E-state index < -0.39 is 0 Å². The van der Waals surface area contributed by atoms with Crippen molar-refractivity contribution in [3.05, 3.63) is 48.0 Å². The molecule has 3 aromatic rings. The maximum Gasteiger partial charge on any atom is 0.230 e. The van der Waals surface area contributed by atoms with E-state index in [9.17, 15) is 4.79 Å². The van der Waals surface area contributed by atoms with Crippen LogP contribution in [0.2, 0.25) is 0 Å². The number of carbonyl (C=O) groups is 1. The smallest absolute Gasteiger partial charge is 0.230 e. The van der Waals surface area contributed by atoms with E-state index in [0.29, 0.717) is 5.75 Å². The highest BCUT2D eigenvalue weighted by atomic mass is 32.2. The molecule has 2 unspecified atom stereocenters. The lowest BCUT2D eigenvalue weighted by atomic mass is 10.00. The maximum absolute atomic E-state index is 12.9. The highest BCUT2D eigenvalue weighted by Gasteiger charge is 2.25. The maximum atomic E-state index is 12.9. The van der Waals surface area contributed by atoms with Gasteiger partial charge in [-0.1, -0.05) is 54.2 Å². The Balaban J connectivity index is 1.26. The van der Waals surface area contributed by atoms with Gasteiger partial charge in [-0.05, 0) is 55.4 Å². The number of rotatable bonds is 8. The highest BCUT2D eigenvalue weighted by Crippen LogP contribution is 2.28. The highest BCUT2D eigenvalue weighted by molar-refractivity contribution is 7.99. The van der Waals surface area contributed by atoms with Gasteiger partial charge < -0.3 is 15.0 Å². The molecule has 34 heavy (non-hydrogen) atoms. The van der Waals surface area contributed by atoms with Crippen LogP contribution in [0.15, 0.2) is 47.6 Å². The Hall–Kier alpha value is -2.58. The predicted octanol–water partition coefficient (Wildman–Crippen LogP) is 4.57. The van der Waals surface area contributed by atoms with Crippen molar-refractivity contribution in [1.82, 2.24) is 20.1 Å². The predicted molar refractivity (Wildman–Crippen MR) is 136 cm³/mol. The van der Waals surface area contributed by atoms with Gasteiger partial charge in [-0.3, -0.25) is 9.36 Å². The van der Waals surface area contributed by atoms with E-state index in [1.165, 1.54) is 41.8 Å². The molecule has 0 saturated carbocycles. The number of carbonyl (C=O) groups excluding carboxylic acids is 1. The van der Waals surface area contributed by atoms with Crippen LogP contribution in [0.5, 0.6) is 0 Å². The van der Waals surface area contributed by atoms with Crippen molar-refractivity contribution in [1.29, 1.82) is 0 Å². The first-order valence-electron chi connectivity index (χ1n) is 12.4. The van der Waals surface area contributed by atoms with Crippen molar-refractivity contribution in [2.24, 2.45) is 0 Å². The summed E-state index contributed by atoms with van der Waals surface area (Å²) in [5, 5.41) is 15.3. The van der Waals surface area contributed by atoms with Crippen LogP contribution >= 0.6 is 11.8 Å². The van der Waals surface area contributed by atoms with Gasteiger partial charge in [0.25, 0.3) is 0 Å². The lowest BCUT2D eigenvalue weighted by molar-refractivity contribution is -0.119. The number of nitrogens with zero attached hydrogens (tertiary/aromatic N) is 4. The molecule has 0 spiro atoms. The number of hydrogen-bond acceptors (Lipinski definition) is 6. The van der Waals surface area contributed by atoms with E-state index in [0.717, 1.165) is 55.8 Å². The van der Waals surface area contributed by atoms with E-state index in [1.54, 1.807) is 0 Å². The number of benzene rings is 2. The van der Waals surface area contributed by atoms with Crippen molar-refractivity contribution in [2.45, 2.75) is 62.9 Å². The first-order chi connectivity index (χ1) is 16.7. The van der Waals surface area contributed by atoms with Crippen LogP contribution in [-0.2, 0) is 16.1 Å². The number of hydrogen-bond donors (Lipinski definition) is 1. The molecule has 2 aromatic carbocycles. The summed E-state index contributed by atoms with van der Waals surface area (Å²) in [6, 6.07) is 14.4. The fourth-order valence-electron chi connectivity index (χ4n) is 4.99. The van der Waals surface area contributed by atoms with Gasteiger partial charge in [0, 0.05) is 19.7 Å². The Morgan fingerprint density at radius 3 is 2.76 bits per heavy atom. The van der Waals surface area contributed by atoms with Crippen molar-refractivity contribution >= 4 is 34.4 Å². The van der Waals surface area contributed by atoms with Crippen LogP contribution in [-0.4, -0.2) is 52.2 Å². The fourth-order valence-corrected chi connectivity index (χ4v) is 5.74. The minimum atomic E-state index is -0.0760. The summed E-state index contributed by atoms with van der Waals surface area (Å²) < 4.78 is 8.08. The van der Waals surface area contributed by atoms with Crippen molar-refractivity contribution in [3.8, 4) is 0 Å². The zero-order valence-electron chi connectivity index (χ0n) is 19.8. The Labute approximate surface area is 205 Å². The molecular formula is C26H33N5O2S. The molecule has 0 radical (unpaired) electrons. The topological polar surface area (TPSA) is 72.3 Å². The standard InChI is InChI=1S/C26H33N5O2S/c1-19(22-13-7-10-20-9-3-4-12-23(20)22)27-24(32)18-34-26-29-28-25(30-14-5-2-6-15-30)31(26)17-21-11-8-16-33-21/h3-4,7,9-10,12-13,19,21H,2,5-6,8,11,14-18H2,1H3,(H,27,32). The molecule has 180 valence electrons. The molecule has 1 aromatic heterocycles. The lowest BCUT2D eigenvalue weighted by Gasteiger charge is -2.28. The normalized spacial score (nSPS) is 19.4. The summed E-state index contributed by atoms with van der Waals surface area (Å²) in [5.41, 5.74) is 1.13. The number of thioether (sulfide) groups is 1. The fraction of sp³-hybridized carbons (Fsp3) is 0.500. The molecule has 1 N–H and O–H groups in total. The average Bonchev–Trinajstić information content (AvgIpc) is 3.53. The molecular weight excluding hydrogens is 446 g/mol. The SMILES string of the molecule is CC(NC(=O)CSc1nnc(N2CCCCC2)n1CC1CCCO1)c1cccc2ccccc12. The number of piperidine rings is 1. The molecule has 2 aliphatic rings. The molecule has 2 atom stereocenters. The van der Waals surface area contributed by atoms with Crippen molar-refractivity contribution in [3.63, 3.8) is 0 Å². The second kappa shape index (κ2) is 10.8. The van der Waals surface area contributed by atoms with Gasteiger partial charge in [0.2, 0.25) is 11.9 Å². The van der Waals surface area contributed by atoms with E-state index in [2.05, 4.69) is 49.2 Å². The molecule has 1 amide bonds. The Bertz CT molecular complexity index is 1120. The summed E-state index contributed by atoms with van der Waals surface area (Å²) in [7, 11) is 0.